The van der Waals surface area contributed by atoms with Gasteiger partial charge in [0, 0.05) is 12.0 Å². The molecule has 7 rings (SSSR count). The van der Waals surface area contributed by atoms with E-state index in [1.807, 2.05) is 42.5 Å². The molecule has 0 aliphatic heterocycles. The number of hydrogen-bond donors (Lipinski definition) is 0. The molecule has 0 fully saturated rings. The van der Waals surface area contributed by atoms with E-state index in [9.17, 15) is 0 Å². The van der Waals surface area contributed by atoms with Crippen LogP contribution in [0.3, 0.4) is 0 Å². The van der Waals surface area contributed by atoms with Crippen LogP contribution in [0.15, 0.2) is 108 Å². The molecule has 7 aromatic rings. The number of aromatic nitrogens is 5. The van der Waals surface area contributed by atoms with Crippen molar-refractivity contribution in [3.05, 3.63) is 121 Å². The quantitative estimate of drug-likeness (QED) is 0.214. The van der Waals surface area contributed by atoms with E-state index in [4.69, 9.17) is 29.0 Å². The molecule has 0 unspecified atom stereocenters. The Labute approximate surface area is 236 Å². The SMILES string of the molecule is COc1ccc(Cc2nc3c4c(-c5ccccc5)c(-c5ccccc5)n(Cc5ccco5)c4ncn3n2)cc1OC. The summed E-state index contributed by atoms with van der Waals surface area (Å²) in [5.41, 5.74) is 6.85. The van der Waals surface area contributed by atoms with Gasteiger partial charge in [-0.15, -0.1) is 5.10 Å². The van der Waals surface area contributed by atoms with Gasteiger partial charge in [-0.3, -0.25) is 0 Å². The summed E-state index contributed by atoms with van der Waals surface area (Å²) < 4.78 is 20.7. The van der Waals surface area contributed by atoms with Crippen LogP contribution in [0.25, 0.3) is 39.1 Å². The van der Waals surface area contributed by atoms with Gasteiger partial charge >= 0.3 is 0 Å². The summed E-state index contributed by atoms with van der Waals surface area (Å²) in [4.78, 5) is 10.0. The molecule has 8 nitrogen and oxygen atoms in total. The van der Waals surface area contributed by atoms with Crippen LogP contribution in [0.5, 0.6) is 11.5 Å². The highest BCUT2D eigenvalue weighted by atomic mass is 16.5. The molecule has 0 amide bonds. The standard InChI is InChI=1S/C33H27N5O3/c1-39-26-16-15-22(18-27(26)40-2)19-28-35-33-30-29(23-10-5-3-6-11-23)31(24-12-7-4-8-13-24)37(20-25-14-9-17-41-25)32(30)34-21-38(33)36-28/h3-18,21H,19-20H2,1-2H3. The third kappa shape index (κ3) is 4.39. The van der Waals surface area contributed by atoms with Crippen LogP contribution in [0, 0.1) is 0 Å². The molecule has 41 heavy (non-hydrogen) atoms. The predicted molar refractivity (Wildman–Crippen MR) is 157 cm³/mol. The number of rotatable bonds is 8. The lowest BCUT2D eigenvalue weighted by Gasteiger charge is -2.11. The molecule has 202 valence electrons. The fourth-order valence-corrected chi connectivity index (χ4v) is 5.42. The molecule has 8 heteroatoms. The van der Waals surface area contributed by atoms with Crippen LogP contribution in [0.2, 0.25) is 0 Å². The molecule has 0 aliphatic carbocycles. The summed E-state index contributed by atoms with van der Waals surface area (Å²) in [7, 11) is 3.27. The minimum atomic E-state index is 0.524. The molecular weight excluding hydrogens is 514 g/mol. The van der Waals surface area contributed by atoms with Crippen LogP contribution < -0.4 is 9.47 Å². The van der Waals surface area contributed by atoms with Crippen molar-refractivity contribution in [1.29, 1.82) is 0 Å². The van der Waals surface area contributed by atoms with Crippen molar-refractivity contribution in [2.24, 2.45) is 0 Å². The van der Waals surface area contributed by atoms with Crippen molar-refractivity contribution in [1.82, 2.24) is 24.1 Å². The average molecular weight is 542 g/mol. The summed E-state index contributed by atoms with van der Waals surface area (Å²) in [6.45, 7) is 0.524. The van der Waals surface area contributed by atoms with Gasteiger partial charge in [-0.1, -0.05) is 66.7 Å². The van der Waals surface area contributed by atoms with Crippen molar-refractivity contribution in [3.8, 4) is 33.9 Å². The molecule has 4 heterocycles. The first-order chi connectivity index (χ1) is 20.2. The number of benzene rings is 3. The van der Waals surface area contributed by atoms with E-state index in [1.54, 1.807) is 31.3 Å². The van der Waals surface area contributed by atoms with E-state index in [-0.39, 0.29) is 0 Å². The van der Waals surface area contributed by atoms with Gasteiger partial charge in [-0.2, -0.15) is 0 Å². The topological polar surface area (TPSA) is 79.6 Å². The molecular formula is C33H27N5O3. The Bertz CT molecular complexity index is 1960. The van der Waals surface area contributed by atoms with Crippen LogP contribution in [0.1, 0.15) is 17.1 Å². The van der Waals surface area contributed by atoms with Gasteiger partial charge < -0.3 is 18.5 Å². The minimum Gasteiger partial charge on any atom is -0.493 e. The normalized spacial score (nSPS) is 11.4. The molecule has 0 atom stereocenters. The molecule has 4 aromatic heterocycles. The van der Waals surface area contributed by atoms with E-state index in [2.05, 4.69) is 53.1 Å². The second-order valence-electron chi connectivity index (χ2n) is 9.73. The Morgan fingerprint density at radius 2 is 1.54 bits per heavy atom. The highest BCUT2D eigenvalue weighted by Crippen LogP contribution is 2.42. The molecule has 0 aliphatic rings. The smallest absolute Gasteiger partial charge is 0.169 e. The lowest BCUT2D eigenvalue weighted by atomic mass is 9.99. The maximum Gasteiger partial charge on any atom is 0.169 e. The van der Waals surface area contributed by atoms with Crippen molar-refractivity contribution in [2.45, 2.75) is 13.0 Å². The Balaban J connectivity index is 1.47. The van der Waals surface area contributed by atoms with Gasteiger partial charge in [0.05, 0.1) is 38.1 Å². The third-order valence-corrected chi connectivity index (χ3v) is 7.24. The van der Waals surface area contributed by atoms with Gasteiger partial charge in [0.25, 0.3) is 0 Å². The second kappa shape index (κ2) is 10.3. The number of ether oxygens (including phenoxy) is 2. The zero-order valence-corrected chi connectivity index (χ0v) is 22.7. The first-order valence-corrected chi connectivity index (χ1v) is 13.3. The maximum absolute atomic E-state index is 5.78. The van der Waals surface area contributed by atoms with Gasteiger partial charge in [0.2, 0.25) is 0 Å². The second-order valence-corrected chi connectivity index (χ2v) is 9.73. The zero-order valence-electron chi connectivity index (χ0n) is 22.7. The van der Waals surface area contributed by atoms with Gasteiger partial charge in [0.15, 0.2) is 23.0 Å². The van der Waals surface area contributed by atoms with Crippen molar-refractivity contribution >= 4 is 16.7 Å². The van der Waals surface area contributed by atoms with Crippen molar-refractivity contribution in [2.75, 3.05) is 14.2 Å². The minimum absolute atomic E-state index is 0.524. The monoisotopic (exact) mass is 541 g/mol. The summed E-state index contributed by atoms with van der Waals surface area (Å²) in [5, 5.41) is 5.76. The van der Waals surface area contributed by atoms with E-state index >= 15 is 0 Å². The molecule has 0 saturated carbocycles. The van der Waals surface area contributed by atoms with Gasteiger partial charge in [-0.25, -0.2) is 14.5 Å². The Morgan fingerprint density at radius 1 is 0.780 bits per heavy atom. The molecule has 0 bridgehead atoms. The number of fused-ring (bicyclic) bond motifs is 3. The number of nitrogens with zero attached hydrogens (tertiary/aromatic N) is 5. The molecule has 0 spiro atoms. The zero-order chi connectivity index (χ0) is 27.8. The highest BCUT2D eigenvalue weighted by Gasteiger charge is 2.25. The number of hydrogen-bond acceptors (Lipinski definition) is 6. The van der Waals surface area contributed by atoms with Crippen molar-refractivity contribution < 1.29 is 13.9 Å². The third-order valence-electron chi connectivity index (χ3n) is 7.24. The number of furan rings is 1. The number of methoxy groups -OCH3 is 2. The lowest BCUT2D eigenvalue weighted by Crippen LogP contribution is -2.03. The fourth-order valence-electron chi connectivity index (χ4n) is 5.42. The van der Waals surface area contributed by atoms with Crippen molar-refractivity contribution in [3.63, 3.8) is 0 Å². The Hall–Kier alpha value is -5.37. The fraction of sp³-hybridized carbons (Fsp3) is 0.121. The van der Waals surface area contributed by atoms with Gasteiger partial charge in [-0.05, 0) is 41.0 Å². The van der Waals surface area contributed by atoms with Crippen LogP contribution in [-0.2, 0) is 13.0 Å². The van der Waals surface area contributed by atoms with E-state index in [0.29, 0.717) is 30.3 Å². The predicted octanol–water partition coefficient (Wildman–Crippen LogP) is 6.66. The summed E-state index contributed by atoms with van der Waals surface area (Å²) >= 11 is 0. The van der Waals surface area contributed by atoms with Gasteiger partial charge in [0.1, 0.15) is 17.7 Å². The van der Waals surface area contributed by atoms with E-state index in [0.717, 1.165) is 50.4 Å². The lowest BCUT2D eigenvalue weighted by molar-refractivity contribution is 0.354. The van der Waals surface area contributed by atoms with Crippen LogP contribution >= 0.6 is 0 Å². The Morgan fingerprint density at radius 3 is 2.24 bits per heavy atom. The maximum atomic E-state index is 5.78. The van der Waals surface area contributed by atoms with E-state index < -0.39 is 0 Å². The van der Waals surface area contributed by atoms with E-state index in [1.165, 1.54) is 0 Å². The molecule has 0 radical (unpaired) electrons. The summed E-state index contributed by atoms with van der Waals surface area (Å²) in [6, 6.07) is 30.5. The average Bonchev–Trinajstić information content (AvgIpc) is 3.76. The summed E-state index contributed by atoms with van der Waals surface area (Å²) in [6.07, 6.45) is 3.97. The van der Waals surface area contributed by atoms with Crippen LogP contribution in [-0.4, -0.2) is 38.4 Å². The first-order valence-electron chi connectivity index (χ1n) is 13.3. The summed E-state index contributed by atoms with van der Waals surface area (Å²) in [5.74, 6) is 2.89. The van der Waals surface area contributed by atoms with Crippen LogP contribution in [0.4, 0.5) is 0 Å². The first kappa shape index (κ1) is 24.7. The Kier molecular flexibility index (Phi) is 6.20. The largest absolute Gasteiger partial charge is 0.493 e. The molecule has 3 aromatic carbocycles. The molecule has 0 N–H and O–H groups in total. The molecule has 0 saturated heterocycles. The highest BCUT2D eigenvalue weighted by molar-refractivity contribution is 6.09.